The Morgan fingerprint density at radius 1 is 1.57 bits per heavy atom. The largest absolute Gasteiger partial charge is 0.374 e. The van der Waals surface area contributed by atoms with Gasteiger partial charge in [-0.1, -0.05) is 5.16 Å². The number of methoxy groups -OCH3 is 1. The minimum atomic E-state index is -0.335. The second-order valence-corrected chi connectivity index (χ2v) is 2.65. The lowest BCUT2D eigenvalue weighted by Crippen LogP contribution is -2.14. The Bertz CT molecular complexity index is 260. The molecule has 80 valence electrons. The van der Waals surface area contributed by atoms with Crippen molar-refractivity contribution in [3.63, 3.8) is 0 Å². The Morgan fingerprint density at radius 3 is 2.93 bits per heavy atom. The van der Waals surface area contributed by atoms with Gasteiger partial charge in [0, 0.05) is 20.3 Å². The lowest BCUT2D eigenvalue weighted by Gasteiger charge is -2.05. The molecule has 1 unspecified atom stereocenters. The van der Waals surface area contributed by atoms with Crippen LogP contribution in [0, 0.1) is 0 Å². The topological polar surface area (TPSA) is 83.4 Å². The van der Waals surface area contributed by atoms with Crippen LogP contribution in [0.1, 0.15) is 24.7 Å². The first-order valence-corrected chi connectivity index (χ1v) is 4.44. The Morgan fingerprint density at radius 2 is 2.36 bits per heavy atom. The smallest absolute Gasteiger partial charge is 0.257 e. The number of hydrogen-bond acceptors (Lipinski definition) is 6. The van der Waals surface area contributed by atoms with E-state index >= 15 is 0 Å². The van der Waals surface area contributed by atoms with Gasteiger partial charge in [-0.15, -0.1) is 0 Å². The zero-order chi connectivity index (χ0) is 10.4. The fourth-order valence-electron chi connectivity index (χ4n) is 0.948. The molecule has 0 saturated carbocycles. The molecular weight excluding hydrogens is 186 g/mol. The zero-order valence-electron chi connectivity index (χ0n) is 8.40. The fraction of sp³-hybridized carbons (Fsp3) is 0.750. The monoisotopic (exact) mass is 201 g/mol. The number of ether oxygens (including phenoxy) is 2. The summed E-state index contributed by atoms with van der Waals surface area (Å²) in [5.74, 6) is 0.905. The summed E-state index contributed by atoms with van der Waals surface area (Å²) in [6, 6.07) is 0. The normalized spacial score (nSPS) is 13.1. The molecule has 2 N–H and O–H groups in total. The van der Waals surface area contributed by atoms with E-state index in [1.807, 2.05) is 6.92 Å². The van der Waals surface area contributed by atoms with Gasteiger partial charge in [0.25, 0.3) is 5.89 Å². The van der Waals surface area contributed by atoms with Gasteiger partial charge in [-0.05, 0) is 6.92 Å². The maximum Gasteiger partial charge on any atom is 0.257 e. The number of nitrogens with two attached hydrogens (primary N) is 1. The van der Waals surface area contributed by atoms with E-state index in [0.717, 1.165) is 0 Å². The second-order valence-electron chi connectivity index (χ2n) is 2.65. The van der Waals surface area contributed by atoms with Crippen LogP contribution in [0.15, 0.2) is 4.52 Å². The van der Waals surface area contributed by atoms with Crippen molar-refractivity contribution in [2.24, 2.45) is 5.73 Å². The van der Waals surface area contributed by atoms with Gasteiger partial charge in [0.2, 0.25) is 0 Å². The van der Waals surface area contributed by atoms with E-state index in [9.17, 15) is 0 Å². The van der Waals surface area contributed by atoms with Gasteiger partial charge in [-0.2, -0.15) is 4.98 Å². The molecule has 0 aliphatic rings. The van der Waals surface area contributed by atoms with E-state index < -0.39 is 0 Å². The van der Waals surface area contributed by atoms with E-state index in [4.69, 9.17) is 19.7 Å². The maximum absolute atomic E-state index is 5.44. The number of rotatable bonds is 6. The van der Waals surface area contributed by atoms with Gasteiger partial charge in [0.15, 0.2) is 5.82 Å². The van der Waals surface area contributed by atoms with E-state index in [1.165, 1.54) is 0 Å². The lowest BCUT2D eigenvalue weighted by atomic mass is 10.3. The second kappa shape index (κ2) is 5.69. The van der Waals surface area contributed by atoms with Gasteiger partial charge < -0.3 is 19.7 Å². The van der Waals surface area contributed by atoms with Gasteiger partial charge in [0.05, 0.1) is 0 Å². The summed E-state index contributed by atoms with van der Waals surface area (Å²) in [6.45, 7) is 3.18. The van der Waals surface area contributed by atoms with E-state index in [0.29, 0.717) is 31.5 Å². The molecule has 1 aromatic heterocycles. The Kier molecular flexibility index (Phi) is 4.51. The molecular formula is C8H15N3O3. The summed E-state index contributed by atoms with van der Waals surface area (Å²) >= 11 is 0. The summed E-state index contributed by atoms with van der Waals surface area (Å²) in [4.78, 5) is 4.08. The summed E-state index contributed by atoms with van der Waals surface area (Å²) in [5, 5.41) is 3.72. The molecule has 0 aromatic carbocycles. The van der Waals surface area contributed by atoms with Crippen LogP contribution in [0.25, 0.3) is 0 Å². The van der Waals surface area contributed by atoms with Crippen LogP contribution in [0.3, 0.4) is 0 Å². The standard InChI is InChI=1S/C8H15N3O3/c1-3-13-5-7-10-8(14-11-7)6(4-9)12-2/h6H,3-5,9H2,1-2H3. The number of nitrogens with zero attached hydrogens (tertiary/aromatic N) is 2. The molecule has 0 aliphatic heterocycles. The molecule has 1 heterocycles. The molecule has 6 heteroatoms. The summed E-state index contributed by atoms with van der Waals surface area (Å²) in [6.07, 6.45) is -0.335. The van der Waals surface area contributed by atoms with E-state index in [2.05, 4.69) is 10.1 Å². The Balaban J connectivity index is 2.57. The first-order valence-electron chi connectivity index (χ1n) is 4.44. The Labute approximate surface area is 82.4 Å². The van der Waals surface area contributed by atoms with Crippen LogP contribution in [0.2, 0.25) is 0 Å². The van der Waals surface area contributed by atoms with Gasteiger partial charge in [-0.3, -0.25) is 0 Å². The molecule has 0 amide bonds. The van der Waals surface area contributed by atoms with Crippen molar-refractivity contribution in [1.29, 1.82) is 0 Å². The maximum atomic E-state index is 5.44. The van der Waals surface area contributed by atoms with Crippen molar-refractivity contribution < 1.29 is 14.0 Å². The van der Waals surface area contributed by atoms with Crippen molar-refractivity contribution in [2.75, 3.05) is 20.3 Å². The predicted octanol–water partition coefficient (Wildman–Crippen LogP) is 0.252. The zero-order valence-corrected chi connectivity index (χ0v) is 8.40. The highest BCUT2D eigenvalue weighted by Gasteiger charge is 2.16. The van der Waals surface area contributed by atoms with Gasteiger partial charge >= 0.3 is 0 Å². The van der Waals surface area contributed by atoms with Crippen molar-refractivity contribution >= 4 is 0 Å². The molecule has 0 aliphatic carbocycles. The molecule has 0 spiro atoms. The first-order chi connectivity index (χ1) is 6.81. The fourth-order valence-corrected chi connectivity index (χ4v) is 0.948. The highest BCUT2D eigenvalue weighted by Crippen LogP contribution is 2.12. The molecule has 0 bridgehead atoms. The third-order valence-electron chi connectivity index (χ3n) is 1.69. The molecule has 1 atom stereocenters. The summed E-state index contributed by atoms with van der Waals surface area (Å²) in [5.41, 5.74) is 5.44. The highest BCUT2D eigenvalue weighted by atomic mass is 16.5. The van der Waals surface area contributed by atoms with Crippen LogP contribution in [-0.2, 0) is 16.1 Å². The highest BCUT2D eigenvalue weighted by molar-refractivity contribution is 4.89. The third-order valence-corrected chi connectivity index (χ3v) is 1.69. The van der Waals surface area contributed by atoms with Crippen molar-refractivity contribution in [2.45, 2.75) is 19.6 Å². The lowest BCUT2D eigenvalue weighted by molar-refractivity contribution is 0.0803. The van der Waals surface area contributed by atoms with Crippen molar-refractivity contribution in [1.82, 2.24) is 10.1 Å². The molecule has 1 aromatic rings. The number of hydrogen-bond donors (Lipinski definition) is 1. The molecule has 0 fully saturated rings. The minimum absolute atomic E-state index is 0.312. The van der Waals surface area contributed by atoms with Gasteiger partial charge in [0.1, 0.15) is 12.7 Å². The minimum Gasteiger partial charge on any atom is -0.374 e. The van der Waals surface area contributed by atoms with Crippen molar-refractivity contribution in [3.05, 3.63) is 11.7 Å². The van der Waals surface area contributed by atoms with Crippen molar-refractivity contribution in [3.8, 4) is 0 Å². The Hall–Kier alpha value is -0.980. The molecule has 0 radical (unpaired) electrons. The van der Waals surface area contributed by atoms with Crippen LogP contribution in [-0.4, -0.2) is 30.4 Å². The average molecular weight is 201 g/mol. The quantitative estimate of drug-likeness (QED) is 0.710. The first kappa shape index (κ1) is 11.1. The van der Waals surface area contributed by atoms with Gasteiger partial charge in [-0.25, -0.2) is 0 Å². The van der Waals surface area contributed by atoms with Crippen LogP contribution < -0.4 is 5.73 Å². The molecule has 0 saturated heterocycles. The van der Waals surface area contributed by atoms with Crippen LogP contribution >= 0.6 is 0 Å². The predicted molar refractivity (Wildman–Crippen MR) is 48.4 cm³/mol. The number of aromatic nitrogens is 2. The molecule has 14 heavy (non-hydrogen) atoms. The molecule has 1 rings (SSSR count). The van der Waals surface area contributed by atoms with Crippen LogP contribution in [0.5, 0.6) is 0 Å². The summed E-state index contributed by atoms with van der Waals surface area (Å²) < 4.78 is 15.1. The SMILES string of the molecule is CCOCc1noc(C(CN)OC)n1. The summed E-state index contributed by atoms with van der Waals surface area (Å²) in [7, 11) is 1.55. The average Bonchev–Trinajstić information content (AvgIpc) is 2.65. The molecule has 6 nitrogen and oxygen atoms in total. The van der Waals surface area contributed by atoms with E-state index in [1.54, 1.807) is 7.11 Å². The third kappa shape index (κ3) is 2.76. The van der Waals surface area contributed by atoms with E-state index in [-0.39, 0.29) is 6.10 Å². The van der Waals surface area contributed by atoms with Crippen LogP contribution in [0.4, 0.5) is 0 Å².